The summed E-state index contributed by atoms with van der Waals surface area (Å²) >= 11 is 5.91. The highest BCUT2D eigenvalue weighted by Crippen LogP contribution is 2.24. The first-order valence-electron chi connectivity index (χ1n) is 13.1. The molecule has 3 N–H and O–H groups in total. The van der Waals surface area contributed by atoms with Crippen molar-refractivity contribution in [2.45, 2.75) is 32.3 Å². The molecule has 1 atom stereocenters. The van der Waals surface area contributed by atoms with Gasteiger partial charge in [-0.15, -0.1) is 5.10 Å². The summed E-state index contributed by atoms with van der Waals surface area (Å²) in [7, 11) is 0. The molecule has 1 saturated heterocycles. The molecule has 1 aliphatic heterocycles. The van der Waals surface area contributed by atoms with E-state index in [0.29, 0.717) is 39.5 Å². The lowest BCUT2D eigenvalue weighted by atomic mass is 10.1. The number of nitrogens with two attached hydrogens (primary N) is 1. The lowest BCUT2D eigenvalue weighted by molar-refractivity contribution is -0.207. The molecule has 11 nitrogen and oxygen atoms in total. The van der Waals surface area contributed by atoms with E-state index in [1.807, 2.05) is 0 Å². The SMILES string of the molecule is CCN1CCN(C(=O)c2ccccc2N=CN=C(N)Cn2nc(-c3ccc(Cl)cc3)n(C[C@H](O)C(F)(F)F)c2=O)CC1. The number of halogens is 4. The summed E-state index contributed by atoms with van der Waals surface area (Å²) in [5, 5.41) is 14.1. The van der Waals surface area contributed by atoms with Crippen LogP contribution in [0.4, 0.5) is 18.9 Å². The molecule has 0 radical (unpaired) electrons. The first kappa shape index (κ1) is 30.9. The zero-order valence-electron chi connectivity index (χ0n) is 22.7. The number of piperazine rings is 1. The molecule has 2 heterocycles. The van der Waals surface area contributed by atoms with Gasteiger partial charge in [0.25, 0.3) is 5.91 Å². The Kier molecular flexibility index (Phi) is 9.81. The van der Waals surface area contributed by atoms with Gasteiger partial charge in [0.15, 0.2) is 11.9 Å². The van der Waals surface area contributed by atoms with E-state index in [2.05, 4.69) is 26.9 Å². The lowest BCUT2D eigenvalue weighted by Gasteiger charge is -2.34. The Labute approximate surface area is 244 Å². The van der Waals surface area contributed by atoms with E-state index in [4.69, 9.17) is 17.3 Å². The molecule has 224 valence electrons. The third-order valence-corrected chi connectivity index (χ3v) is 6.98. The van der Waals surface area contributed by atoms with Crippen molar-refractivity contribution in [3.05, 3.63) is 69.6 Å². The van der Waals surface area contributed by atoms with Crippen molar-refractivity contribution in [2.24, 2.45) is 15.7 Å². The zero-order chi connectivity index (χ0) is 30.4. The molecule has 0 unspecified atom stereocenters. The Hall–Kier alpha value is -4.01. The molecule has 0 spiro atoms. The highest BCUT2D eigenvalue weighted by molar-refractivity contribution is 6.30. The number of aliphatic hydroxyl groups is 1. The van der Waals surface area contributed by atoms with Crippen LogP contribution in [0.3, 0.4) is 0 Å². The normalized spacial score (nSPS) is 15.9. The maximum atomic E-state index is 13.1. The van der Waals surface area contributed by atoms with Gasteiger partial charge in [0.05, 0.1) is 17.8 Å². The molecule has 42 heavy (non-hydrogen) atoms. The Morgan fingerprint density at radius 2 is 1.81 bits per heavy atom. The second kappa shape index (κ2) is 13.3. The van der Waals surface area contributed by atoms with Crippen molar-refractivity contribution in [2.75, 3.05) is 32.7 Å². The fourth-order valence-electron chi connectivity index (χ4n) is 4.36. The van der Waals surface area contributed by atoms with E-state index in [1.165, 1.54) is 24.3 Å². The second-order valence-corrected chi connectivity index (χ2v) is 9.98. The molecule has 3 aromatic rings. The lowest BCUT2D eigenvalue weighted by Crippen LogP contribution is -2.48. The maximum absolute atomic E-state index is 13.1. The van der Waals surface area contributed by atoms with Crippen LogP contribution in [0.5, 0.6) is 0 Å². The number of likely N-dealkylation sites (N-methyl/N-ethyl adjacent to an activating group) is 1. The predicted octanol–water partition coefficient (Wildman–Crippen LogP) is 2.78. The van der Waals surface area contributed by atoms with Gasteiger partial charge >= 0.3 is 11.9 Å². The number of benzene rings is 2. The summed E-state index contributed by atoms with van der Waals surface area (Å²) in [5.41, 5.74) is 6.14. The van der Waals surface area contributed by atoms with Crippen LogP contribution in [0.2, 0.25) is 5.02 Å². The van der Waals surface area contributed by atoms with Crippen molar-refractivity contribution in [1.29, 1.82) is 0 Å². The fourth-order valence-corrected chi connectivity index (χ4v) is 4.49. The van der Waals surface area contributed by atoms with Gasteiger partial charge in [-0.1, -0.05) is 30.7 Å². The zero-order valence-corrected chi connectivity index (χ0v) is 23.5. The molecule has 2 aromatic carbocycles. The number of alkyl halides is 3. The standard InChI is InChI=1S/C27H30ClF3N8O3/c1-2-36-11-13-37(14-12-36)25(41)20-5-3-4-6-21(20)33-17-34-23(32)16-39-26(42)38(15-22(40)27(29,30)31)24(35-39)18-7-9-19(28)10-8-18/h3-10,17,22,40H,2,11-16H2,1H3,(H2,32,33,34)/t22-/m0/s1. The monoisotopic (exact) mass is 606 g/mol. The number of carbonyl (C=O) groups excluding carboxylic acids is 1. The molecular weight excluding hydrogens is 577 g/mol. The van der Waals surface area contributed by atoms with E-state index in [0.717, 1.165) is 30.7 Å². The van der Waals surface area contributed by atoms with E-state index in [-0.39, 0.29) is 24.1 Å². The van der Waals surface area contributed by atoms with Gasteiger partial charge < -0.3 is 20.6 Å². The van der Waals surface area contributed by atoms with Crippen LogP contribution in [0.25, 0.3) is 11.4 Å². The number of carbonyl (C=O) groups is 1. The minimum absolute atomic E-state index is 0.117. The van der Waals surface area contributed by atoms with E-state index < -0.39 is 24.5 Å². The van der Waals surface area contributed by atoms with Crippen LogP contribution in [-0.4, -0.2) is 92.3 Å². The Balaban J connectivity index is 1.54. The molecule has 0 aliphatic carbocycles. The summed E-state index contributed by atoms with van der Waals surface area (Å²) in [5.74, 6) is -0.388. The number of hydrogen-bond donors (Lipinski definition) is 2. The predicted molar refractivity (Wildman–Crippen MR) is 153 cm³/mol. The molecule has 1 amide bonds. The summed E-state index contributed by atoms with van der Waals surface area (Å²) in [6.45, 7) is 4.35. The number of amidine groups is 1. The Morgan fingerprint density at radius 1 is 1.14 bits per heavy atom. The third kappa shape index (κ3) is 7.43. The van der Waals surface area contributed by atoms with Crippen molar-refractivity contribution < 1.29 is 23.1 Å². The van der Waals surface area contributed by atoms with E-state index in [9.17, 15) is 27.9 Å². The van der Waals surface area contributed by atoms with Gasteiger partial charge in [-0.2, -0.15) is 13.2 Å². The summed E-state index contributed by atoms with van der Waals surface area (Å²) in [4.78, 5) is 38.5. The van der Waals surface area contributed by atoms with Crippen LogP contribution in [0.15, 0.2) is 63.3 Å². The molecular formula is C27H30ClF3N8O3. The van der Waals surface area contributed by atoms with Gasteiger partial charge in [0.2, 0.25) is 0 Å². The molecule has 15 heteroatoms. The van der Waals surface area contributed by atoms with Gasteiger partial charge in [0.1, 0.15) is 18.7 Å². The molecule has 0 saturated carbocycles. The number of para-hydroxylation sites is 1. The first-order chi connectivity index (χ1) is 20.0. The molecule has 1 aliphatic rings. The number of aliphatic imine (C=N–C) groups is 2. The van der Waals surface area contributed by atoms with E-state index in [1.54, 1.807) is 29.2 Å². The Bertz CT molecular complexity index is 1510. The van der Waals surface area contributed by atoms with Crippen LogP contribution in [0.1, 0.15) is 17.3 Å². The average molecular weight is 607 g/mol. The van der Waals surface area contributed by atoms with Gasteiger partial charge in [-0.25, -0.2) is 19.5 Å². The van der Waals surface area contributed by atoms with Crippen molar-refractivity contribution in [1.82, 2.24) is 24.1 Å². The quantitative estimate of drug-likeness (QED) is 0.284. The summed E-state index contributed by atoms with van der Waals surface area (Å²) in [6, 6.07) is 12.8. The van der Waals surface area contributed by atoms with Crippen molar-refractivity contribution in [3.63, 3.8) is 0 Å². The van der Waals surface area contributed by atoms with Gasteiger partial charge in [-0.05, 0) is 42.9 Å². The Morgan fingerprint density at radius 3 is 2.45 bits per heavy atom. The second-order valence-electron chi connectivity index (χ2n) is 9.55. The van der Waals surface area contributed by atoms with Crippen LogP contribution in [0, 0.1) is 0 Å². The number of nitrogens with zero attached hydrogens (tertiary/aromatic N) is 7. The summed E-state index contributed by atoms with van der Waals surface area (Å²) < 4.78 is 40.8. The van der Waals surface area contributed by atoms with E-state index >= 15 is 0 Å². The molecule has 1 aromatic heterocycles. The number of aromatic nitrogens is 3. The third-order valence-electron chi connectivity index (χ3n) is 6.73. The highest BCUT2D eigenvalue weighted by Gasteiger charge is 2.39. The van der Waals surface area contributed by atoms with Crippen LogP contribution >= 0.6 is 11.6 Å². The smallest absolute Gasteiger partial charge is 0.386 e. The molecule has 4 rings (SSSR count). The van der Waals surface area contributed by atoms with Gasteiger partial charge in [0, 0.05) is 36.8 Å². The first-order valence-corrected chi connectivity index (χ1v) is 13.5. The van der Waals surface area contributed by atoms with Gasteiger partial charge in [-0.3, -0.25) is 9.36 Å². The minimum atomic E-state index is -4.95. The highest BCUT2D eigenvalue weighted by atomic mass is 35.5. The average Bonchev–Trinajstić information content (AvgIpc) is 3.27. The fraction of sp³-hybridized carbons (Fsp3) is 0.370. The number of aliphatic hydroxyl groups excluding tert-OH is 1. The summed E-state index contributed by atoms with van der Waals surface area (Å²) in [6.07, 6.45) is -6.61. The molecule has 1 fully saturated rings. The number of rotatable bonds is 9. The van der Waals surface area contributed by atoms with Crippen LogP contribution in [-0.2, 0) is 13.1 Å². The largest absolute Gasteiger partial charge is 0.416 e. The minimum Gasteiger partial charge on any atom is -0.386 e. The number of amides is 1. The molecule has 0 bridgehead atoms. The van der Waals surface area contributed by atoms with Crippen LogP contribution < -0.4 is 11.4 Å². The maximum Gasteiger partial charge on any atom is 0.416 e. The van der Waals surface area contributed by atoms with Crippen molar-refractivity contribution in [3.8, 4) is 11.4 Å². The number of hydrogen-bond acceptors (Lipinski definition) is 6. The van der Waals surface area contributed by atoms with Crippen molar-refractivity contribution >= 4 is 35.4 Å². The topological polar surface area (TPSA) is 134 Å².